The van der Waals surface area contributed by atoms with Gasteiger partial charge in [-0.2, -0.15) is 0 Å². The van der Waals surface area contributed by atoms with Crippen LogP contribution in [0.4, 0.5) is 0 Å². The van der Waals surface area contributed by atoms with Gasteiger partial charge in [0.1, 0.15) is 11.2 Å². The molecule has 0 amide bonds. The Morgan fingerprint density at radius 3 is 2.06 bits per heavy atom. The summed E-state index contributed by atoms with van der Waals surface area (Å²) >= 11 is 0. The van der Waals surface area contributed by atoms with Crippen LogP contribution in [0.15, 0.2) is 114 Å². The number of fused-ring (bicyclic) bond motifs is 6. The SMILES string of the molecule is c1ccc2c(c1)nc(-c1ccc(-c3ccc4oc5ccccc5c4c3)cn1)c1ccccc12. The van der Waals surface area contributed by atoms with Gasteiger partial charge in [-0.1, -0.05) is 72.8 Å². The summed E-state index contributed by atoms with van der Waals surface area (Å²) in [4.78, 5) is 9.80. The number of hydrogen-bond acceptors (Lipinski definition) is 3. The molecule has 33 heavy (non-hydrogen) atoms. The van der Waals surface area contributed by atoms with E-state index in [9.17, 15) is 0 Å². The molecule has 3 aromatic heterocycles. The molecule has 3 heteroatoms. The predicted octanol–water partition coefficient (Wildman–Crippen LogP) is 8.02. The molecule has 0 spiro atoms. The van der Waals surface area contributed by atoms with E-state index in [1.54, 1.807) is 0 Å². The van der Waals surface area contributed by atoms with Gasteiger partial charge in [-0.3, -0.25) is 4.98 Å². The highest BCUT2D eigenvalue weighted by atomic mass is 16.3. The Labute approximate surface area is 190 Å². The molecule has 0 unspecified atom stereocenters. The van der Waals surface area contributed by atoms with Gasteiger partial charge in [0.05, 0.1) is 16.9 Å². The largest absolute Gasteiger partial charge is 0.456 e. The van der Waals surface area contributed by atoms with Crippen molar-refractivity contribution in [2.75, 3.05) is 0 Å². The van der Waals surface area contributed by atoms with E-state index in [2.05, 4.69) is 72.8 Å². The van der Waals surface area contributed by atoms with Crippen molar-refractivity contribution in [3.8, 4) is 22.5 Å². The highest BCUT2D eigenvalue weighted by Gasteiger charge is 2.12. The average molecular weight is 422 g/mol. The molecule has 0 atom stereocenters. The minimum atomic E-state index is 0.871. The van der Waals surface area contributed by atoms with Gasteiger partial charge in [-0.05, 0) is 41.3 Å². The number of furan rings is 1. The van der Waals surface area contributed by atoms with Crippen molar-refractivity contribution in [1.82, 2.24) is 9.97 Å². The third-order valence-corrected chi connectivity index (χ3v) is 6.32. The lowest BCUT2D eigenvalue weighted by molar-refractivity contribution is 0.669. The Morgan fingerprint density at radius 2 is 1.21 bits per heavy atom. The Morgan fingerprint density at radius 1 is 0.515 bits per heavy atom. The van der Waals surface area contributed by atoms with Gasteiger partial charge < -0.3 is 4.42 Å². The number of pyridine rings is 2. The first-order valence-electron chi connectivity index (χ1n) is 11.0. The molecule has 0 saturated carbocycles. The highest BCUT2D eigenvalue weighted by Crippen LogP contribution is 2.34. The second kappa shape index (κ2) is 7.01. The van der Waals surface area contributed by atoms with Crippen molar-refractivity contribution in [2.24, 2.45) is 0 Å². The van der Waals surface area contributed by atoms with Crippen molar-refractivity contribution in [1.29, 1.82) is 0 Å². The van der Waals surface area contributed by atoms with E-state index in [1.807, 2.05) is 36.5 Å². The number of rotatable bonds is 2. The zero-order valence-corrected chi connectivity index (χ0v) is 17.7. The number of nitrogens with zero attached hydrogens (tertiary/aromatic N) is 2. The monoisotopic (exact) mass is 422 g/mol. The first-order valence-corrected chi connectivity index (χ1v) is 11.0. The highest BCUT2D eigenvalue weighted by molar-refractivity contribution is 6.10. The molecule has 0 fully saturated rings. The van der Waals surface area contributed by atoms with Crippen LogP contribution in [0.25, 0.3) is 66.1 Å². The minimum Gasteiger partial charge on any atom is -0.456 e. The zero-order valence-electron chi connectivity index (χ0n) is 17.7. The maximum Gasteiger partial charge on any atom is 0.135 e. The van der Waals surface area contributed by atoms with Gasteiger partial charge in [0.25, 0.3) is 0 Å². The molecule has 0 bridgehead atoms. The Hall–Kier alpha value is -4.50. The van der Waals surface area contributed by atoms with Gasteiger partial charge in [-0.25, -0.2) is 4.98 Å². The van der Waals surface area contributed by atoms with E-state index in [-0.39, 0.29) is 0 Å². The van der Waals surface area contributed by atoms with Crippen LogP contribution in [0, 0.1) is 0 Å². The predicted molar refractivity (Wildman–Crippen MR) is 135 cm³/mol. The molecule has 0 aliphatic heterocycles. The summed E-state index contributed by atoms with van der Waals surface area (Å²) in [6.45, 7) is 0. The van der Waals surface area contributed by atoms with Gasteiger partial charge in [0, 0.05) is 33.3 Å². The van der Waals surface area contributed by atoms with Crippen molar-refractivity contribution in [3.05, 3.63) is 109 Å². The van der Waals surface area contributed by atoms with Crippen molar-refractivity contribution in [2.45, 2.75) is 0 Å². The molecule has 0 saturated heterocycles. The minimum absolute atomic E-state index is 0.871. The van der Waals surface area contributed by atoms with Gasteiger partial charge in [0.2, 0.25) is 0 Å². The molecule has 0 aliphatic rings. The van der Waals surface area contributed by atoms with Crippen LogP contribution in [0.1, 0.15) is 0 Å². The molecule has 3 heterocycles. The number of para-hydroxylation sites is 2. The fourth-order valence-corrected chi connectivity index (χ4v) is 4.71. The summed E-state index contributed by atoms with van der Waals surface area (Å²) in [5.41, 5.74) is 6.75. The van der Waals surface area contributed by atoms with Crippen LogP contribution in [-0.4, -0.2) is 9.97 Å². The molecule has 0 aliphatic carbocycles. The third-order valence-electron chi connectivity index (χ3n) is 6.32. The summed E-state index contributed by atoms with van der Waals surface area (Å²) in [5.74, 6) is 0. The lowest BCUT2D eigenvalue weighted by atomic mass is 10.0. The lowest BCUT2D eigenvalue weighted by Crippen LogP contribution is -1.92. The second-order valence-electron chi connectivity index (χ2n) is 8.26. The summed E-state index contributed by atoms with van der Waals surface area (Å²) in [6.07, 6.45) is 1.93. The molecular weight excluding hydrogens is 404 g/mol. The third kappa shape index (κ3) is 2.83. The second-order valence-corrected chi connectivity index (χ2v) is 8.26. The van der Waals surface area contributed by atoms with Crippen molar-refractivity contribution < 1.29 is 4.42 Å². The zero-order chi connectivity index (χ0) is 21.8. The summed E-state index contributed by atoms with van der Waals surface area (Å²) in [5, 5.41) is 5.72. The summed E-state index contributed by atoms with van der Waals surface area (Å²) < 4.78 is 5.97. The average Bonchev–Trinajstić information content (AvgIpc) is 3.26. The van der Waals surface area contributed by atoms with Crippen LogP contribution < -0.4 is 0 Å². The van der Waals surface area contributed by atoms with E-state index in [4.69, 9.17) is 14.4 Å². The van der Waals surface area contributed by atoms with E-state index in [1.165, 1.54) is 5.39 Å². The lowest BCUT2D eigenvalue weighted by Gasteiger charge is -2.10. The van der Waals surface area contributed by atoms with E-state index < -0.39 is 0 Å². The topological polar surface area (TPSA) is 38.9 Å². The first-order chi connectivity index (χ1) is 16.3. The smallest absolute Gasteiger partial charge is 0.135 e. The Bertz CT molecular complexity index is 1810. The number of aromatic nitrogens is 2. The van der Waals surface area contributed by atoms with Crippen LogP contribution in [0.5, 0.6) is 0 Å². The van der Waals surface area contributed by atoms with Crippen LogP contribution >= 0.6 is 0 Å². The van der Waals surface area contributed by atoms with Crippen LogP contribution in [0.3, 0.4) is 0 Å². The maximum atomic E-state index is 5.97. The Balaban J connectivity index is 1.36. The first kappa shape index (κ1) is 18.1. The van der Waals surface area contributed by atoms with Crippen molar-refractivity contribution in [3.63, 3.8) is 0 Å². The van der Waals surface area contributed by atoms with E-state index in [0.717, 1.165) is 60.7 Å². The normalized spacial score (nSPS) is 11.6. The molecule has 0 N–H and O–H groups in total. The van der Waals surface area contributed by atoms with Gasteiger partial charge in [0.15, 0.2) is 0 Å². The van der Waals surface area contributed by atoms with Gasteiger partial charge in [-0.15, -0.1) is 0 Å². The van der Waals surface area contributed by atoms with E-state index >= 15 is 0 Å². The standard InChI is InChI=1S/C30H18N2O/c1-2-10-24-21(7-1)22-8-3-5-11-26(22)32-30(24)27-15-13-20(18-31-27)19-14-16-29-25(17-19)23-9-4-6-12-28(23)33-29/h1-18H. The molecule has 7 aromatic rings. The Kier molecular flexibility index (Phi) is 3.84. The molecule has 0 radical (unpaired) electrons. The molecule has 3 nitrogen and oxygen atoms in total. The quantitative estimate of drug-likeness (QED) is 0.265. The van der Waals surface area contributed by atoms with Crippen molar-refractivity contribution >= 4 is 43.6 Å². The van der Waals surface area contributed by atoms with Crippen LogP contribution in [-0.2, 0) is 0 Å². The van der Waals surface area contributed by atoms with E-state index in [0.29, 0.717) is 0 Å². The fraction of sp³-hybridized carbons (Fsp3) is 0. The fourth-order valence-electron chi connectivity index (χ4n) is 4.71. The summed E-state index contributed by atoms with van der Waals surface area (Å²) in [7, 11) is 0. The number of benzene rings is 4. The molecular formula is C30H18N2O. The number of hydrogen-bond donors (Lipinski definition) is 0. The molecule has 4 aromatic carbocycles. The molecule has 154 valence electrons. The van der Waals surface area contributed by atoms with Crippen LogP contribution in [0.2, 0.25) is 0 Å². The maximum absolute atomic E-state index is 5.97. The summed E-state index contributed by atoms with van der Waals surface area (Å²) in [6, 6.07) is 35.3. The van der Waals surface area contributed by atoms with Gasteiger partial charge >= 0.3 is 0 Å². The molecule has 7 rings (SSSR count).